The molecule has 5 rings (SSSR count). The van der Waals surface area contributed by atoms with E-state index in [1.165, 1.54) is 23.1 Å². The van der Waals surface area contributed by atoms with Gasteiger partial charge in [-0.2, -0.15) is 0 Å². The molecule has 1 fully saturated rings. The van der Waals surface area contributed by atoms with Crippen LogP contribution in [0.2, 0.25) is 0 Å². The number of aliphatic carboxylic acids is 1. The van der Waals surface area contributed by atoms with Crippen LogP contribution in [0.1, 0.15) is 54.5 Å². The van der Waals surface area contributed by atoms with Crippen LogP contribution < -0.4 is 10.6 Å². The van der Waals surface area contributed by atoms with E-state index in [1.54, 1.807) is 0 Å². The number of ether oxygens (including phenoxy) is 1. The third kappa shape index (κ3) is 5.84. The average molecular weight is 478 g/mol. The number of carboxylic acids is 1. The lowest BCUT2D eigenvalue weighted by atomic mass is 9.79. The Labute approximate surface area is 206 Å². The number of anilines is 1. The average Bonchev–Trinajstić information content (AvgIpc) is 3.28. The first-order valence-corrected chi connectivity index (χ1v) is 13.0. The number of nitrogens with one attached hydrogen (secondary N) is 2. The molecule has 1 saturated carbocycles. The zero-order chi connectivity index (χ0) is 24.2. The summed E-state index contributed by atoms with van der Waals surface area (Å²) >= 11 is 0. The van der Waals surface area contributed by atoms with Gasteiger partial charge in [0, 0.05) is 31.2 Å². The number of hydrogen-bond acceptors (Lipinski definition) is 5. The zero-order valence-corrected chi connectivity index (χ0v) is 20.2. The Hall–Kier alpha value is -2.93. The molecule has 3 N–H and O–H groups in total. The second kappa shape index (κ2) is 10.8. The molecule has 1 aromatic carbocycles. The molecule has 7 nitrogen and oxygen atoms in total. The van der Waals surface area contributed by atoms with Gasteiger partial charge >= 0.3 is 5.97 Å². The van der Waals surface area contributed by atoms with Crippen molar-refractivity contribution in [2.45, 2.75) is 69.9 Å². The maximum Gasteiger partial charge on any atom is 0.326 e. The van der Waals surface area contributed by atoms with Gasteiger partial charge in [0.1, 0.15) is 11.9 Å². The summed E-state index contributed by atoms with van der Waals surface area (Å²) < 4.78 is 5.93. The molecule has 2 heterocycles. The molecule has 2 aliphatic carbocycles. The van der Waals surface area contributed by atoms with Crippen LogP contribution >= 0.6 is 0 Å². The number of aromatic nitrogens is 1. The maximum absolute atomic E-state index is 12.7. The maximum atomic E-state index is 12.7. The summed E-state index contributed by atoms with van der Waals surface area (Å²) in [4.78, 5) is 29.2. The third-order valence-corrected chi connectivity index (χ3v) is 7.75. The van der Waals surface area contributed by atoms with Crippen molar-refractivity contribution in [1.82, 2.24) is 10.3 Å². The number of carbonyl (C=O) groups excluding carboxylic acids is 1. The number of fused-ring (bicyclic) bond motifs is 2. The number of benzene rings is 1. The van der Waals surface area contributed by atoms with Crippen LogP contribution in [0.3, 0.4) is 0 Å². The molecule has 186 valence electrons. The monoisotopic (exact) mass is 477 g/mol. The van der Waals surface area contributed by atoms with E-state index in [0.29, 0.717) is 25.4 Å². The molecule has 1 amide bonds. The number of hydrogen-bond donors (Lipinski definition) is 3. The van der Waals surface area contributed by atoms with E-state index in [0.717, 1.165) is 50.2 Å². The van der Waals surface area contributed by atoms with E-state index in [2.05, 4.69) is 22.8 Å². The van der Waals surface area contributed by atoms with E-state index in [-0.39, 0.29) is 24.3 Å². The molecule has 3 aliphatic rings. The summed E-state index contributed by atoms with van der Waals surface area (Å²) in [5.74, 6) is 0.313. The van der Waals surface area contributed by atoms with Crippen LogP contribution in [-0.2, 0) is 40.0 Å². The topological polar surface area (TPSA) is 101 Å². The van der Waals surface area contributed by atoms with E-state index >= 15 is 0 Å². The number of carbonyl (C=O) groups is 2. The first-order valence-electron chi connectivity index (χ1n) is 13.0. The van der Waals surface area contributed by atoms with Gasteiger partial charge in [0.15, 0.2) is 0 Å². The number of carboxylic acid groups (broad SMARTS) is 1. The zero-order valence-electron chi connectivity index (χ0n) is 20.2. The lowest BCUT2D eigenvalue weighted by molar-refractivity contribution is -0.143. The molecule has 0 saturated heterocycles. The molecule has 0 bridgehead atoms. The normalized spacial score (nSPS) is 21.8. The van der Waals surface area contributed by atoms with Gasteiger partial charge in [0.25, 0.3) is 0 Å². The number of amides is 1. The lowest BCUT2D eigenvalue weighted by Gasteiger charge is -2.35. The van der Waals surface area contributed by atoms with Gasteiger partial charge in [-0.25, -0.2) is 9.78 Å². The lowest BCUT2D eigenvalue weighted by Crippen LogP contribution is -2.45. The summed E-state index contributed by atoms with van der Waals surface area (Å²) in [6.45, 7) is 1.35. The summed E-state index contributed by atoms with van der Waals surface area (Å²) in [6, 6.07) is 11.5. The number of nitrogens with zero attached hydrogens (tertiary/aromatic N) is 1. The van der Waals surface area contributed by atoms with Crippen LogP contribution in [-0.4, -0.2) is 47.3 Å². The minimum Gasteiger partial charge on any atom is -0.480 e. The molecule has 0 spiro atoms. The van der Waals surface area contributed by atoms with Crippen molar-refractivity contribution in [3.63, 3.8) is 0 Å². The molecule has 1 aliphatic heterocycles. The highest BCUT2D eigenvalue weighted by Crippen LogP contribution is 2.34. The van der Waals surface area contributed by atoms with Crippen LogP contribution in [0.25, 0.3) is 0 Å². The highest BCUT2D eigenvalue weighted by Gasteiger charge is 2.32. The Bertz CT molecular complexity index is 1040. The highest BCUT2D eigenvalue weighted by atomic mass is 16.5. The smallest absolute Gasteiger partial charge is 0.326 e. The number of pyridine rings is 1. The minimum atomic E-state index is -1.00. The Kier molecular flexibility index (Phi) is 7.32. The van der Waals surface area contributed by atoms with Gasteiger partial charge in [-0.1, -0.05) is 30.3 Å². The Balaban J connectivity index is 0.994. The Morgan fingerprint density at radius 1 is 1.11 bits per heavy atom. The number of aryl methyl sites for hydroxylation is 2. The molecular weight excluding hydrogens is 442 g/mol. The van der Waals surface area contributed by atoms with E-state index < -0.39 is 12.0 Å². The van der Waals surface area contributed by atoms with E-state index in [9.17, 15) is 14.7 Å². The number of rotatable bonds is 10. The van der Waals surface area contributed by atoms with Gasteiger partial charge < -0.3 is 20.5 Å². The molecule has 0 unspecified atom stereocenters. The van der Waals surface area contributed by atoms with E-state index in [4.69, 9.17) is 9.72 Å². The Morgan fingerprint density at radius 3 is 2.63 bits per heavy atom. The Morgan fingerprint density at radius 2 is 1.89 bits per heavy atom. The fourth-order valence-corrected chi connectivity index (χ4v) is 5.55. The van der Waals surface area contributed by atoms with Gasteiger partial charge in [-0.05, 0) is 80.0 Å². The van der Waals surface area contributed by atoms with Crippen molar-refractivity contribution >= 4 is 17.7 Å². The van der Waals surface area contributed by atoms with Gasteiger partial charge in [-0.15, -0.1) is 0 Å². The van der Waals surface area contributed by atoms with Gasteiger partial charge in [0.2, 0.25) is 5.91 Å². The first kappa shape index (κ1) is 23.8. The summed E-state index contributed by atoms with van der Waals surface area (Å²) in [7, 11) is 0. The standard InChI is InChI=1S/C28H35N3O4/c32-27(22-16-20-4-1-2-5-21(20)17-22)31-25(28(33)34)11-13-35-24-14-18(15-24)7-9-23-10-8-19-6-3-12-29-26(19)30-23/h1-2,4-5,8,10,18,22,24-25H,3,6-7,9,11-17H2,(H,29,30)(H,31,32)(H,33,34)/t18?,24?,25-/m0/s1. The van der Waals surface area contributed by atoms with Crippen molar-refractivity contribution in [2.24, 2.45) is 11.8 Å². The fourth-order valence-electron chi connectivity index (χ4n) is 5.55. The second-order valence-corrected chi connectivity index (χ2v) is 10.3. The largest absolute Gasteiger partial charge is 0.480 e. The van der Waals surface area contributed by atoms with Crippen molar-refractivity contribution in [3.05, 3.63) is 58.8 Å². The molecular formula is C28H35N3O4. The molecule has 1 aromatic heterocycles. The SMILES string of the molecule is O=C(N[C@@H](CCOC1CC(CCc2ccc3c(n2)NCCC3)C1)C(=O)O)C1Cc2ccccc2C1. The first-order chi connectivity index (χ1) is 17.0. The predicted molar refractivity (Wildman–Crippen MR) is 133 cm³/mol. The quantitative estimate of drug-likeness (QED) is 0.484. The van der Waals surface area contributed by atoms with Crippen molar-refractivity contribution in [2.75, 3.05) is 18.5 Å². The van der Waals surface area contributed by atoms with Crippen LogP contribution in [0.15, 0.2) is 36.4 Å². The third-order valence-electron chi connectivity index (χ3n) is 7.75. The van der Waals surface area contributed by atoms with Crippen molar-refractivity contribution in [1.29, 1.82) is 0 Å². The van der Waals surface area contributed by atoms with Crippen molar-refractivity contribution in [3.8, 4) is 0 Å². The predicted octanol–water partition coefficient (Wildman–Crippen LogP) is 3.54. The van der Waals surface area contributed by atoms with E-state index in [1.807, 2.05) is 24.3 Å². The summed E-state index contributed by atoms with van der Waals surface area (Å²) in [5.41, 5.74) is 4.83. The van der Waals surface area contributed by atoms with Gasteiger partial charge in [-0.3, -0.25) is 4.79 Å². The summed E-state index contributed by atoms with van der Waals surface area (Å²) in [5, 5.41) is 15.7. The fraction of sp³-hybridized carbons (Fsp3) is 0.536. The van der Waals surface area contributed by atoms with Crippen molar-refractivity contribution < 1.29 is 19.4 Å². The molecule has 7 heteroatoms. The van der Waals surface area contributed by atoms with Crippen LogP contribution in [0.5, 0.6) is 0 Å². The molecule has 0 radical (unpaired) electrons. The van der Waals surface area contributed by atoms with Crippen LogP contribution in [0, 0.1) is 11.8 Å². The molecule has 1 atom stereocenters. The highest BCUT2D eigenvalue weighted by molar-refractivity contribution is 5.85. The minimum absolute atomic E-state index is 0.178. The second-order valence-electron chi connectivity index (χ2n) is 10.3. The van der Waals surface area contributed by atoms with Gasteiger partial charge in [0.05, 0.1) is 6.10 Å². The molecule has 35 heavy (non-hydrogen) atoms. The molecule has 2 aromatic rings. The summed E-state index contributed by atoms with van der Waals surface area (Å²) in [6.07, 6.45) is 8.19. The van der Waals surface area contributed by atoms with Crippen LogP contribution in [0.4, 0.5) is 5.82 Å².